The number of nitrogens with one attached hydrogen (secondary N) is 3. The highest BCUT2D eigenvalue weighted by Crippen LogP contribution is 2.28. The predicted molar refractivity (Wildman–Crippen MR) is 145 cm³/mol. The first-order chi connectivity index (χ1) is 18.0. The van der Waals surface area contributed by atoms with Crippen LogP contribution in [0.15, 0.2) is 60.8 Å². The van der Waals surface area contributed by atoms with Gasteiger partial charge in [0.05, 0.1) is 37.0 Å². The van der Waals surface area contributed by atoms with Gasteiger partial charge >= 0.3 is 12.1 Å². The first-order valence-electron chi connectivity index (χ1n) is 12.2. The fourth-order valence-corrected chi connectivity index (χ4v) is 4.08. The van der Waals surface area contributed by atoms with Crippen LogP contribution in [0.25, 0.3) is 0 Å². The molecule has 3 N–H and O–H groups in total. The zero-order valence-electron chi connectivity index (χ0n) is 21.3. The number of aromatic nitrogens is 1. The number of methoxy groups -OCH3 is 1. The minimum Gasteiger partial charge on any atom is -0.495 e. The van der Waals surface area contributed by atoms with Crippen LogP contribution in [-0.2, 0) is 0 Å². The van der Waals surface area contributed by atoms with Crippen LogP contribution in [0.3, 0.4) is 0 Å². The Kier molecular flexibility index (Phi) is 8.29. The number of nitrogens with zero attached hydrogens (tertiary/aromatic N) is 3. The van der Waals surface area contributed by atoms with Crippen molar-refractivity contribution in [1.82, 2.24) is 9.88 Å². The van der Waals surface area contributed by atoms with Crippen molar-refractivity contribution in [3.63, 3.8) is 0 Å². The van der Waals surface area contributed by atoms with Gasteiger partial charge in [0, 0.05) is 26.2 Å². The van der Waals surface area contributed by atoms with Gasteiger partial charge in [-0.15, -0.1) is 0 Å². The van der Waals surface area contributed by atoms with Gasteiger partial charge in [0.2, 0.25) is 0 Å². The van der Waals surface area contributed by atoms with Gasteiger partial charge < -0.3 is 35.2 Å². The van der Waals surface area contributed by atoms with Gasteiger partial charge in [-0.3, -0.25) is 0 Å². The third-order valence-electron chi connectivity index (χ3n) is 6.02. The lowest BCUT2D eigenvalue weighted by Gasteiger charge is -2.35. The molecule has 10 nitrogen and oxygen atoms in total. The maximum absolute atomic E-state index is 12.8. The summed E-state index contributed by atoms with van der Waals surface area (Å²) in [6, 6.07) is 16.0. The van der Waals surface area contributed by atoms with Crippen LogP contribution in [0, 0.1) is 6.92 Å². The van der Waals surface area contributed by atoms with E-state index in [0.29, 0.717) is 61.3 Å². The number of anilines is 4. The minimum absolute atomic E-state index is 0.156. The highest BCUT2D eigenvalue weighted by molar-refractivity contribution is 6.00. The van der Waals surface area contributed by atoms with Crippen molar-refractivity contribution in [1.29, 1.82) is 0 Å². The lowest BCUT2D eigenvalue weighted by Crippen LogP contribution is -2.50. The van der Waals surface area contributed by atoms with E-state index in [-0.39, 0.29) is 12.1 Å². The number of ether oxygens (including phenoxy) is 2. The van der Waals surface area contributed by atoms with Crippen molar-refractivity contribution in [2.75, 3.05) is 60.7 Å². The number of hydrogen-bond acceptors (Lipinski definition) is 6. The molecule has 1 saturated heterocycles. The van der Waals surface area contributed by atoms with E-state index in [2.05, 4.69) is 25.8 Å². The summed E-state index contributed by atoms with van der Waals surface area (Å²) in [5.74, 6) is 2.03. The molecule has 4 amide bonds. The summed E-state index contributed by atoms with van der Waals surface area (Å²) in [5.41, 5.74) is 2.79. The molecule has 2 heterocycles. The lowest BCUT2D eigenvalue weighted by atomic mass is 10.2. The molecule has 194 valence electrons. The zero-order chi connectivity index (χ0) is 26.2. The molecule has 0 unspecified atom stereocenters. The number of carbonyl (C=O) groups excluding carboxylic acids is 2. The van der Waals surface area contributed by atoms with E-state index in [0.717, 1.165) is 11.4 Å². The molecule has 1 fully saturated rings. The van der Waals surface area contributed by atoms with Crippen LogP contribution in [0.5, 0.6) is 11.5 Å². The Balaban J connectivity index is 1.29. The maximum Gasteiger partial charge on any atom is 0.323 e. The first kappa shape index (κ1) is 25.6. The number of rotatable bonds is 7. The number of piperazine rings is 1. The molecule has 0 radical (unpaired) electrons. The van der Waals surface area contributed by atoms with Crippen LogP contribution >= 0.6 is 0 Å². The maximum atomic E-state index is 12.8. The normalized spacial score (nSPS) is 13.1. The molecule has 37 heavy (non-hydrogen) atoms. The Morgan fingerprint density at radius 3 is 2.38 bits per heavy atom. The monoisotopic (exact) mass is 504 g/mol. The molecule has 1 aliphatic heterocycles. The van der Waals surface area contributed by atoms with Gasteiger partial charge in [0.1, 0.15) is 17.3 Å². The van der Waals surface area contributed by atoms with E-state index in [1.54, 1.807) is 36.4 Å². The summed E-state index contributed by atoms with van der Waals surface area (Å²) >= 11 is 0. The average molecular weight is 505 g/mol. The van der Waals surface area contributed by atoms with Gasteiger partial charge in [0.15, 0.2) is 0 Å². The summed E-state index contributed by atoms with van der Waals surface area (Å²) in [4.78, 5) is 33.7. The van der Waals surface area contributed by atoms with Crippen LogP contribution < -0.4 is 30.3 Å². The number of para-hydroxylation sites is 3. The Bertz CT molecular complexity index is 1230. The van der Waals surface area contributed by atoms with Crippen molar-refractivity contribution < 1.29 is 19.1 Å². The summed E-state index contributed by atoms with van der Waals surface area (Å²) in [5, 5.41) is 8.57. The lowest BCUT2D eigenvalue weighted by molar-refractivity contribution is 0.208. The zero-order valence-corrected chi connectivity index (χ0v) is 21.3. The topological polar surface area (TPSA) is 108 Å². The smallest absolute Gasteiger partial charge is 0.323 e. The van der Waals surface area contributed by atoms with Crippen molar-refractivity contribution in [3.05, 3.63) is 66.4 Å². The van der Waals surface area contributed by atoms with E-state index in [1.165, 1.54) is 0 Å². The number of aryl methyl sites for hydroxylation is 1. The summed E-state index contributed by atoms with van der Waals surface area (Å²) in [6.07, 6.45) is 1.62. The quantitative estimate of drug-likeness (QED) is 0.427. The molecule has 0 bridgehead atoms. The Hall–Kier alpha value is -4.47. The van der Waals surface area contributed by atoms with Crippen molar-refractivity contribution in [3.8, 4) is 11.5 Å². The molecule has 0 spiro atoms. The molecule has 10 heteroatoms. The summed E-state index contributed by atoms with van der Waals surface area (Å²) in [7, 11) is 1.59. The second-order valence-corrected chi connectivity index (χ2v) is 8.47. The van der Waals surface area contributed by atoms with Crippen LogP contribution in [0.2, 0.25) is 0 Å². The molecule has 1 aliphatic rings. The van der Waals surface area contributed by atoms with Crippen molar-refractivity contribution >= 4 is 34.9 Å². The second-order valence-electron chi connectivity index (χ2n) is 8.47. The van der Waals surface area contributed by atoms with E-state index in [4.69, 9.17) is 9.47 Å². The largest absolute Gasteiger partial charge is 0.495 e. The van der Waals surface area contributed by atoms with Crippen molar-refractivity contribution in [2.24, 2.45) is 0 Å². The molecule has 0 aliphatic carbocycles. The van der Waals surface area contributed by atoms with E-state index < -0.39 is 0 Å². The highest BCUT2D eigenvalue weighted by atomic mass is 16.5. The van der Waals surface area contributed by atoms with Crippen LogP contribution in [-0.4, -0.2) is 61.8 Å². The van der Waals surface area contributed by atoms with Crippen molar-refractivity contribution in [2.45, 2.75) is 13.8 Å². The average Bonchev–Trinajstić information content (AvgIpc) is 2.91. The Labute approximate surface area is 216 Å². The molecule has 0 atom stereocenters. The number of urea groups is 2. The Morgan fingerprint density at radius 1 is 0.919 bits per heavy atom. The van der Waals surface area contributed by atoms with Gasteiger partial charge in [-0.2, -0.15) is 0 Å². The second kappa shape index (κ2) is 12.0. The molecule has 3 aromatic rings. The number of carbonyl (C=O) groups is 2. The first-order valence-corrected chi connectivity index (χ1v) is 12.2. The van der Waals surface area contributed by atoms with Gasteiger partial charge in [-0.1, -0.05) is 24.3 Å². The van der Waals surface area contributed by atoms with Gasteiger partial charge in [-0.25, -0.2) is 14.6 Å². The number of amides is 4. The molecule has 4 rings (SSSR count). The summed E-state index contributed by atoms with van der Waals surface area (Å²) < 4.78 is 10.9. The molecule has 1 aromatic heterocycles. The molecular weight excluding hydrogens is 472 g/mol. The Morgan fingerprint density at radius 2 is 1.68 bits per heavy atom. The highest BCUT2D eigenvalue weighted by Gasteiger charge is 2.23. The fraction of sp³-hybridized carbons (Fsp3) is 0.296. The number of hydrogen-bond donors (Lipinski definition) is 3. The standard InChI is InChI=1S/C27H32N6O4/c1-4-37-22-10-6-5-9-21(22)30-26(34)29-20-12-13-24(28-18-20)32-14-16-33(17-15-32)27(35)31-25-19(2)8-7-11-23(25)36-3/h5-13,18H,4,14-17H2,1-3H3,(H,31,35)(H2,29,30,34). The minimum atomic E-state index is -0.383. The number of benzene rings is 2. The van der Waals surface area contributed by atoms with Crippen LogP contribution in [0.4, 0.5) is 32.5 Å². The predicted octanol–water partition coefficient (Wildman–Crippen LogP) is 4.80. The molecular formula is C27H32N6O4. The third kappa shape index (κ3) is 6.40. The van der Waals surface area contributed by atoms with Crippen LogP contribution in [0.1, 0.15) is 12.5 Å². The molecule has 2 aromatic carbocycles. The van der Waals surface area contributed by atoms with Gasteiger partial charge in [0.25, 0.3) is 0 Å². The van der Waals surface area contributed by atoms with E-state index >= 15 is 0 Å². The third-order valence-corrected chi connectivity index (χ3v) is 6.02. The fourth-order valence-electron chi connectivity index (χ4n) is 4.08. The van der Waals surface area contributed by atoms with E-state index in [1.807, 2.05) is 50.2 Å². The van der Waals surface area contributed by atoms with Gasteiger partial charge in [-0.05, 0) is 49.7 Å². The van der Waals surface area contributed by atoms with E-state index in [9.17, 15) is 9.59 Å². The number of pyridine rings is 1. The molecule has 0 saturated carbocycles. The SMILES string of the molecule is CCOc1ccccc1NC(=O)Nc1ccc(N2CCN(C(=O)Nc3c(C)cccc3OC)CC2)nc1. The summed E-state index contributed by atoms with van der Waals surface area (Å²) in [6.45, 7) is 6.74.